The SMILES string of the molecule is C=CC(=O)NC1CN(S(=O)(=O)c2ccc(OC)nc2)CC12CC2. The Morgan fingerprint density at radius 1 is 1.52 bits per heavy atom. The maximum atomic E-state index is 12.8. The molecule has 1 N–H and O–H groups in total. The molecule has 1 atom stereocenters. The van der Waals surface area contributed by atoms with E-state index in [1.807, 2.05) is 0 Å². The molecule has 0 radical (unpaired) electrons. The molecule has 1 saturated heterocycles. The maximum Gasteiger partial charge on any atom is 0.244 e. The molecule has 1 aromatic rings. The van der Waals surface area contributed by atoms with Crippen molar-refractivity contribution in [2.24, 2.45) is 5.41 Å². The Morgan fingerprint density at radius 2 is 2.26 bits per heavy atom. The maximum absolute atomic E-state index is 12.8. The molecule has 1 saturated carbocycles. The molecular weight excluding hydrogens is 318 g/mol. The summed E-state index contributed by atoms with van der Waals surface area (Å²) in [6.07, 6.45) is 4.34. The van der Waals surface area contributed by atoms with E-state index in [-0.39, 0.29) is 28.8 Å². The van der Waals surface area contributed by atoms with Crippen LogP contribution in [0, 0.1) is 5.41 Å². The molecule has 23 heavy (non-hydrogen) atoms. The van der Waals surface area contributed by atoms with Gasteiger partial charge in [0, 0.05) is 30.6 Å². The van der Waals surface area contributed by atoms with Gasteiger partial charge in [0.25, 0.3) is 0 Å². The van der Waals surface area contributed by atoms with Crippen molar-refractivity contribution in [2.75, 3.05) is 20.2 Å². The van der Waals surface area contributed by atoms with E-state index in [9.17, 15) is 13.2 Å². The highest BCUT2D eigenvalue weighted by atomic mass is 32.2. The second kappa shape index (κ2) is 5.61. The van der Waals surface area contributed by atoms with E-state index in [4.69, 9.17) is 4.74 Å². The Hall–Kier alpha value is -1.93. The minimum Gasteiger partial charge on any atom is -0.481 e. The van der Waals surface area contributed by atoms with Crippen LogP contribution < -0.4 is 10.1 Å². The van der Waals surface area contributed by atoms with Crippen LogP contribution in [0.4, 0.5) is 0 Å². The largest absolute Gasteiger partial charge is 0.481 e. The first kappa shape index (κ1) is 15.9. The van der Waals surface area contributed by atoms with Crippen LogP contribution in [0.25, 0.3) is 0 Å². The zero-order valence-electron chi connectivity index (χ0n) is 12.9. The second-order valence-corrected chi connectivity index (χ2v) is 7.90. The number of aromatic nitrogens is 1. The predicted molar refractivity (Wildman–Crippen MR) is 83.3 cm³/mol. The van der Waals surface area contributed by atoms with Gasteiger partial charge in [-0.05, 0) is 25.0 Å². The van der Waals surface area contributed by atoms with Gasteiger partial charge in [-0.15, -0.1) is 0 Å². The topological polar surface area (TPSA) is 88.6 Å². The molecule has 1 amide bonds. The lowest BCUT2D eigenvalue weighted by Gasteiger charge is -2.17. The number of amides is 1. The number of rotatable bonds is 5. The Kier molecular flexibility index (Phi) is 3.89. The number of pyridine rings is 1. The highest BCUT2D eigenvalue weighted by Crippen LogP contribution is 2.53. The summed E-state index contributed by atoms with van der Waals surface area (Å²) < 4.78 is 31.9. The molecule has 2 aliphatic rings. The molecule has 1 aliphatic heterocycles. The number of carbonyl (C=O) groups is 1. The first-order chi connectivity index (χ1) is 10.9. The fourth-order valence-electron chi connectivity index (χ4n) is 2.99. The van der Waals surface area contributed by atoms with Gasteiger partial charge in [-0.25, -0.2) is 13.4 Å². The van der Waals surface area contributed by atoms with Crippen LogP contribution in [0.3, 0.4) is 0 Å². The Bertz CT molecular complexity index is 726. The number of hydrogen-bond donors (Lipinski definition) is 1. The van der Waals surface area contributed by atoms with Crippen molar-refractivity contribution >= 4 is 15.9 Å². The zero-order chi connectivity index (χ0) is 16.7. The highest BCUT2D eigenvalue weighted by molar-refractivity contribution is 7.89. The van der Waals surface area contributed by atoms with Gasteiger partial charge in [0.2, 0.25) is 21.8 Å². The third kappa shape index (κ3) is 2.84. The lowest BCUT2D eigenvalue weighted by molar-refractivity contribution is -0.117. The van der Waals surface area contributed by atoms with E-state index in [0.29, 0.717) is 12.4 Å². The van der Waals surface area contributed by atoms with Gasteiger partial charge in [-0.1, -0.05) is 6.58 Å². The summed E-state index contributed by atoms with van der Waals surface area (Å²) in [5.41, 5.74) is -0.133. The predicted octanol–water partition coefficient (Wildman–Crippen LogP) is 0.545. The van der Waals surface area contributed by atoms with E-state index in [1.165, 1.54) is 35.8 Å². The minimum atomic E-state index is -3.63. The molecule has 3 rings (SSSR count). The Balaban J connectivity index is 1.81. The van der Waals surface area contributed by atoms with Crippen LogP contribution in [0.5, 0.6) is 5.88 Å². The van der Waals surface area contributed by atoms with Crippen LogP contribution >= 0.6 is 0 Å². The van der Waals surface area contributed by atoms with E-state index in [2.05, 4.69) is 16.9 Å². The zero-order valence-corrected chi connectivity index (χ0v) is 13.7. The molecule has 0 bridgehead atoms. The quantitative estimate of drug-likeness (QED) is 0.793. The number of carbonyl (C=O) groups excluding carboxylic acids is 1. The van der Waals surface area contributed by atoms with Crippen LogP contribution in [0.15, 0.2) is 35.9 Å². The molecule has 1 aromatic heterocycles. The van der Waals surface area contributed by atoms with Crippen LogP contribution in [-0.2, 0) is 14.8 Å². The molecule has 1 unspecified atom stereocenters. The van der Waals surface area contributed by atoms with E-state index >= 15 is 0 Å². The molecule has 1 spiro atoms. The van der Waals surface area contributed by atoms with E-state index in [1.54, 1.807) is 0 Å². The van der Waals surface area contributed by atoms with Gasteiger partial charge >= 0.3 is 0 Å². The summed E-state index contributed by atoms with van der Waals surface area (Å²) in [4.78, 5) is 15.6. The Labute approximate surface area is 135 Å². The van der Waals surface area contributed by atoms with Crippen molar-refractivity contribution in [3.05, 3.63) is 31.0 Å². The van der Waals surface area contributed by atoms with Crippen molar-refractivity contribution in [1.82, 2.24) is 14.6 Å². The number of hydrogen-bond acceptors (Lipinski definition) is 5. The van der Waals surface area contributed by atoms with Crippen LogP contribution in [-0.4, -0.2) is 49.9 Å². The number of sulfonamides is 1. The van der Waals surface area contributed by atoms with Crippen LogP contribution in [0.2, 0.25) is 0 Å². The average Bonchev–Trinajstić information content (AvgIpc) is 3.24. The fraction of sp³-hybridized carbons (Fsp3) is 0.467. The molecule has 0 aromatic carbocycles. The van der Waals surface area contributed by atoms with Gasteiger partial charge in [-0.3, -0.25) is 4.79 Å². The van der Waals surface area contributed by atoms with Crippen molar-refractivity contribution in [2.45, 2.75) is 23.8 Å². The fourth-order valence-corrected chi connectivity index (χ4v) is 4.49. The molecule has 8 heteroatoms. The first-order valence-electron chi connectivity index (χ1n) is 7.34. The summed E-state index contributed by atoms with van der Waals surface area (Å²) in [5.74, 6) is 0.0896. The third-order valence-corrected chi connectivity index (χ3v) is 6.36. The number of nitrogens with zero attached hydrogens (tertiary/aromatic N) is 2. The van der Waals surface area contributed by atoms with E-state index in [0.717, 1.165) is 12.8 Å². The summed E-state index contributed by atoms with van der Waals surface area (Å²) in [6.45, 7) is 4.13. The summed E-state index contributed by atoms with van der Waals surface area (Å²) >= 11 is 0. The minimum absolute atomic E-state index is 0.129. The summed E-state index contributed by atoms with van der Waals surface area (Å²) in [7, 11) is -2.16. The monoisotopic (exact) mass is 337 g/mol. The summed E-state index contributed by atoms with van der Waals surface area (Å²) in [5, 5.41) is 2.85. The standard InChI is InChI=1S/C15H19N3O4S/c1-3-13(19)17-12-9-18(10-15(12)6-7-15)23(20,21)11-4-5-14(22-2)16-8-11/h3-5,8,12H,1,6-7,9-10H2,2H3,(H,17,19). The average molecular weight is 337 g/mol. The second-order valence-electron chi connectivity index (χ2n) is 5.96. The number of methoxy groups -OCH3 is 1. The number of nitrogens with one attached hydrogen (secondary N) is 1. The molecule has 1 aliphatic carbocycles. The molecule has 124 valence electrons. The lowest BCUT2D eigenvalue weighted by atomic mass is 10.0. The van der Waals surface area contributed by atoms with Crippen LogP contribution in [0.1, 0.15) is 12.8 Å². The highest BCUT2D eigenvalue weighted by Gasteiger charge is 2.57. The molecular formula is C15H19N3O4S. The van der Waals surface area contributed by atoms with Crippen molar-refractivity contribution in [3.8, 4) is 5.88 Å². The molecule has 2 fully saturated rings. The first-order valence-corrected chi connectivity index (χ1v) is 8.78. The number of ether oxygens (including phenoxy) is 1. The molecule has 7 nitrogen and oxygen atoms in total. The van der Waals surface area contributed by atoms with E-state index < -0.39 is 10.0 Å². The van der Waals surface area contributed by atoms with Crippen molar-refractivity contribution in [3.63, 3.8) is 0 Å². The van der Waals surface area contributed by atoms with Gasteiger partial charge in [0.1, 0.15) is 4.90 Å². The van der Waals surface area contributed by atoms with Gasteiger partial charge in [-0.2, -0.15) is 4.31 Å². The lowest BCUT2D eigenvalue weighted by Crippen LogP contribution is -2.41. The normalized spacial score (nSPS) is 22.7. The van der Waals surface area contributed by atoms with Gasteiger partial charge in [0.05, 0.1) is 13.3 Å². The van der Waals surface area contributed by atoms with Crippen molar-refractivity contribution < 1.29 is 17.9 Å². The Morgan fingerprint density at radius 3 is 2.78 bits per heavy atom. The summed E-state index contributed by atoms with van der Waals surface area (Å²) in [6, 6.07) is 2.83. The van der Waals surface area contributed by atoms with Gasteiger partial charge in [0.15, 0.2) is 0 Å². The molecule has 2 heterocycles. The van der Waals surface area contributed by atoms with Gasteiger partial charge < -0.3 is 10.1 Å². The van der Waals surface area contributed by atoms with Crippen molar-refractivity contribution in [1.29, 1.82) is 0 Å². The smallest absolute Gasteiger partial charge is 0.244 e. The third-order valence-electron chi connectivity index (χ3n) is 4.57.